The Balaban J connectivity index is 0.703. The summed E-state index contributed by atoms with van der Waals surface area (Å²) in [5.74, 6) is 1.13. The summed E-state index contributed by atoms with van der Waals surface area (Å²) in [4.78, 5) is 13.7. The fourth-order valence-corrected chi connectivity index (χ4v) is 12.8. The molecule has 1 saturated carbocycles. The number of rotatable bonds is 7. The van der Waals surface area contributed by atoms with Crippen LogP contribution in [-0.4, -0.2) is 76.3 Å². The molecule has 11 rings (SSSR count). The Hall–Kier alpha value is -5.39. The number of phenolic OH excluding ortho intramolecular Hbond substituents is 1. The van der Waals surface area contributed by atoms with Gasteiger partial charge in [-0.1, -0.05) is 48.5 Å². The second-order valence-electron chi connectivity index (χ2n) is 18.8. The van der Waals surface area contributed by atoms with Gasteiger partial charge in [-0.15, -0.1) is 21.5 Å². The van der Waals surface area contributed by atoms with E-state index in [0.29, 0.717) is 17.0 Å². The first kappa shape index (κ1) is 39.5. The molecule has 1 spiro atoms. The van der Waals surface area contributed by atoms with Gasteiger partial charge >= 0.3 is 0 Å². The SMILES string of the molecule is Cc1sc2c(c1C)C(c1ccc(N3CC4(CC(CN5CCN(c6cc(F)c([C@H]7c8ccc(O)cc8CC[C@H]7c7ccccc7)c(F)c6)CC5)C4)C3)cc1)=N[C@@H](C)c1nnc(C)n1-2. The van der Waals surface area contributed by atoms with Crippen LogP contribution < -0.4 is 9.80 Å². The van der Waals surface area contributed by atoms with Crippen LogP contribution in [0.25, 0.3) is 5.00 Å². The number of thiophene rings is 1. The van der Waals surface area contributed by atoms with Crippen molar-refractivity contribution in [3.8, 4) is 10.8 Å². The number of phenols is 1. The highest BCUT2D eigenvalue weighted by molar-refractivity contribution is 7.15. The third-order valence-electron chi connectivity index (χ3n) is 14.8. The average molecular weight is 850 g/mol. The monoisotopic (exact) mass is 849 g/mol. The molecule has 0 unspecified atom stereocenters. The molecule has 4 aromatic carbocycles. The van der Waals surface area contributed by atoms with E-state index in [2.05, 4.69) is 86.6 Å². The Kier molecular flexibility index (Phi) is 9.64. The minimum absolute atomic E-state index is 0.0661. The zero-order chi connectivity index (χ0) is 42.4. The van der Waals surface area contributed by atoms with E-state index < -0.39 is 17.6 Å². The lowest BCUT2D eigenvalue weighted by atomic mass is 9.57. The average Bonchev–Trinajstić information content (AvgIpc) is 3.73. The molecule has 3 atom stereocenters. The van der Waals surface area contributed by atoms with Crippen molar-refractivity contribution in [3.05, 3.63) is 152 Å². The summed E-state index contributed by atoms with van der Waals surface area (Å²) in [6.45, 7) is 15.1. The Morgan fingerprint density at radius 1 is 0.823 bits per heavy atom. The van der Waals surface area contributed by atoms with Crippen molar-refractivity contribution in [1.82, 2.24) is 19.7 Å². The fourth-order valence-electron chi connectivity index (χ4n) is 11.6. The maximum absolute atomic E-state index is 16.4. The Labute approximate surface area is 366 Å². The van der Waals surface area contributed by atoms with Crippen molar-refractivity contribution in [2.75, 3.05) is 55.6 Å². The molecule has 2 aliphatic carbocycles. The van der Waals surface area contributed by atoms with Gasteiger partial charge in [0.25, 0.3) is 0 Å². The molecule has 62 heavy (non-hydrogen) atoms. The van der Waals surface area contributed by atoms with Gasteiger partial charge in [0.05, 0.1) is 5.71 Å². The molecular formula is C51H53F2N7OS. The van der Waals surface area contributed by atoms with Gasteiger partial charge in [0.15, 0.2) is 5.82 Å². The quantitative estimate of drug-likeness (QED) is 0.173. The van der Waals surface area contributed by atoms with Crippen LogP contribution in [0.2, 0.25) is 0 Å². The van der Waals surface area contributed by atoms with Crippen LogP contribution in [-0.2, 0) is 6.42 Å². The van der Waals surface area contributed by atoms with E-state index in [-0.39, 0.29) is 23.3 Å². The third-order valence-corrected chi connectivity index (χ3v) is 16.0. The van der Waals surface area contributed by atoms with Gasteiger partial charge < -0.3 is 14.9 Å². The molecule has 2 saturated heterocycles. The minimum atomic E-state index is -0.493. The lowest BCUT2D eigenvalue weighted by molar-refractivity contribution is 0.00322. The van der Waals surface area contributed by atoms with Crippen molar-refractivity contribution >= 4 is 28.4 Å². The summed E-state index contributed by atoms with van der Waals surface area (Å²) in [6.07, 6.45) is 4.01. The van der Waals surface area contributed by atoms with Crippen LogP contribution in [0, 0.1) is 43.7 Å². The number of aromatic nitrogens is 3. The van der Waals surface area contributed by atoms with Crippen molar-refractivity contribution < 1.29 is 13.9 Å². The summed E-state index contributed by atoms with van der Waals surface area (Å²) in [5.41, 5.74) is 9.99. The Morgan fingerprint density at radius 2 is 1.55 bits per heavy atom. The standard InChI is InChI=1S/C51H53F2N7OS/c1-30-32(3)62-50-45(30)48(54-31(2)49-56-55-33(4)60(49)50)36-10-13-38(14-11-36)59-28-51(29-59)25-34(26-51)27-57-18-20-58(21-19-57)39-23-43(52)47(44(53)24-39)46-41(35-8-6-5-7-9-35)16-12-37-22-40(61)15-17-42(37)46/h5-11,13-15,17,22-24,31,34,41,46,61H,12,16,18-21,25-29H2,1-4H3/t31-,41-,46+/m0/s1. The van der Waals surface area contributed by atoms with Gasteiger partial charge in [0.1, 0.15) is 34.3 Å². The van der Waals surface area contributed by atoms with Gasteiger partial charge in [0.2, 0.25) is 0 Å². The van der Waals surface area contributed by atoms with Gasteiger partial charge in [0, 0.05) is 90.1 Å². The van der Waals surface area contributed by atoms with Crippen LogP contribution in [0.3, 0.4) is 0 Å². The minimum Gasteiger partial charge on any atom is -0.508 e. The summed E-state index contributed by atoms with van der Waals surface area (Å²) in [5, 5.41) is 20.3. The first-order valence-electron chi connectivity index (χ1n) is 22.3. The number of hydrogen-bond donors (Lipinski definition) is 1. The van der Waals surface area contributed by atoms with Crippen molar-refractivity contribution in [2.45, 2.75) is 71.3 Å². The third kappa shape index (κ3) is 6.65. The van der Waals surface area contributed by atoms with E-state index in [0.717, 1.165) is 103 Å². The van der Waals surface area contributed by atoms with E-state index in [1.165, 1.54) is 34.5 Å². The topological polar surface area (TPSA) is 73.0 Å². The Bertz CT molecular complexity index is 2680. The molecule has 0 radical (unpaired) electrons. The summed E-state index contributed by atoms with van der Waals surface area (Å²) >= 11 is 1.79. The molecule has 3 fully saturated rings. The molecule has 1 N–H and O–H groups in total. The first-order valence-corrected chi connectivity index (χ1v) is 23.1. The van der Waals surface area contributed by atoms with E-state index in [1.54, 1.807) is 35.6 Å². The highest BCUT2D eigenvalue weighted by Gasteiger charge is 2.52. The maximum atomic E-state index is 16.4. The van der Waals surface area contributed by atoms with Crippen molar-refractivity contribution in [2.24, 2.45) is 16.3 Å². The number of fused-ring (bicyclic) bond motifs is 4. The first-order chi connectivity index (χ1) is 30.0. The second kappa shape index (κ2) is 15.2. The molecule has 3 aliphatic heterocycles. The second-order valence-corrected chi connectivity index (χ2v) is 20.0. The largest absolute Gasteiger partial charge is 0.508 e. The molecule has 0 amide bonds. The normalized spacial score (nSPS) is 22.0. The van der Waals surface area contributed by atoms with E-state index in [4.69, 9.17) is 4.99 Å². The van der Waals surface area contributed by atoms with Gasteiger partial charge in [-0.25, -0.2) is 8.78 Å². The number of hydrogen-bond acceptors (Lipinski definition) is 8. The number of benzene rings is 4. The van der Waals surface area contributed by atoms with E-state index >= 15 is 8.78 Å². The van der Waals surface area contributed by atoms with E-state index in [1.807, 2.05) is 31.2 Å². The molecule has 8 nitrogen and oxygen atoms in total. The van der Waals surface area contributed by atoms with Gasteiger partial charge in [-0.05, 0) is 124 Å². The summed E-state index contributed by atoms with van der Waals surface area (Å²) < 4.78 is 34.9. The number of aliphatic imine (C=N–C) groups is 1. The summed E-state index contributed by atoms with van der Waals surface area (Å²) in [6, 6.07) is 27.3. The molecule has 5 aliphatic rings. The smallest absolute Gasteiger partial charge is 0.162 e. The zero-order valence-corrected chi connectivity index (χ0v) is 36.7. The molecule has 11 heteroatoms. The highest BCUT2D eigenvalue weighted by atomic mass is 32.1. The molecule has 0 bridgehead atoms. The molecule has 6 aromatic rings. The number of halogens is 2. The zero-order valence-electron chi connectivity index (χ0n) is 35.9. The van der Waals surface area contributed by atoms with Crippen LogP contribution in [0.15, 0.2) is 89.9 Å². The van der Waals surface area contributed by atoms with Crippen LogP contribution in [0.1, 0.15) is 99.5 Å². The lowest BCUT2D eigenvalue weighted by Gasteiger charge is -2.60. The van der Waals surface area contributed by atoms with Crippen LogP contribution in [0.4, 0.5) is 20.2 Å². The van der Waals surface area contributed by atoms with Crippen molar-refractivity contribution in [3.63, 3.8) is 0 Å². The molecule has 2 aromatic heterocycles. The predicted molar refractivity (Wildman–Crippen MR) is 244 cm³/mol. The molecule has 318 valence electrons. The Morgan fingerprint density at radius 3 is 2.27 bits per heavy atom. The van der Waals surface area contributed by atoms with Crippen LogP contribution >= 0.6 is 11.3 Å². The number of anilines is 2. The van der Waals surface area contributed by atoms with Gasteiger partial charge in [-0.3, -0.25) is 14.5 Å². The van der Waals surface area contributed by atoms with Gasteiger partial charge in [-0.2, -0.15) is 0 Å². The fraction of sp³-hybridized carbons (Fsp3) is 0.392. The number of aryl methyl sites for hydroxylation is 3. The maximum Gasteiger partial charge on any atom is 0.162 e. The predicted octanol–water partition coefficient (Wildman–Crippen LogP) is 10.1. The summed E-state index contributed by atoms with van der Waals surface area (Å²) in [7, 11) is 0. The molecular weight excluding hydrogens is 797 g/mol. The number of aromatic hydroxyl groups is 1. The van der Waals surface area contributed by atoms with E-state index in [9.17, 15) is 5.11 Å². The molecule has 5 heterocycles. The van der Waals surface area contributed by atoms with Crippen LogP contribution in [0.5, 0.6) is 5.75 Å². The van der Waals surface area contributed by atoms with Crippen molar-refractivity contribution in [1.29, 1.82) is 0 Å². The number of nitrogens with zero attached hydrogens (tertiary/aromatic N) is 7. The number of piperazine rings is 1. The highest BCUT2D eigenvalue weighted by Crippen LogP contribution is 2.53. The lowest BCUT2D eigenvalue weighted by Crippen LogP contribution is -2.64.